The minimum atomic E-state index is -4.34. The quantitative estimate of drug-likeness (QED) is 0.0244. The second-order valence-electron chi connectivity index (χ2n) is 18.2. The smallest absolute Gasteiger partial charge is 0.387 e. The predicted molar refractivity (Wildman–Crippen MR) is 249 cm³/mol. The number of phosphoric acid groups is 1. The molecule has 58 heavy (non-hydrogen) atoms. The molecule has 0 aromatic rings. The van der Waals surface area contributed by atoms with Crippen molar-refractivity contribution in [1.29, 1.82) is 0 Å². The normalized spacial score (nSPS) is 14.4. The van der Waals surface area contributed by atoms with Crippen molar-refractivity contribution in [2.45, 2.75) is 244 Å². The van der Waals surface area contributed by atoms with Crippen LogP contribution in [0.5, 0.6) is 0 Å². The Balaban J connectivity index is 4.22. The maximum atomic E-state index is 12.9. The van der Waals surface area contributed by atoms with Crippen LogP contribution in [-0.4, -0.2) is 73.4 Å². The van der Waals surface area contributed by atoms with E-state index in [2.05, 4.69) is 31.3 Å². The molecule has 0 aliphatic carbocycles. The number of nitrogens with one attached hydrogen (secondary N) is 1. The first kappa shape index (κ1) is 57.0. The fourth-order valence-corrected chi connectivity index (χ4v) is 7.96. The molecule has 0 saturated carbocycles. The number of unbranched alkanes of at least 4 members (excludes halogenated alkanes) is 30. The molecule has 0 saturated heterocycles. The summed E-state index contributed by atoms with van der Waals surface area (Å²) in [5.41, 5.74) is 0. The second kappa shape index (κ2) is 41.3. The van der Waals surface area contributed by atoms with Gasteiger partial charge < -0.3 is 19.8 Å². The van der Waals surface area contributed by atoms with Crippen LogP contribution in [0, 0.1) is 0 Å². The summed E-state index contributed by atoms with van der Waals surface area (Å²) in [6.45, 7) is 4.78. The Bertz CT molecular complexity index is 1000. The lowest BCUT2D eigenvalue weighted by Crippen LogP contribution is -2.45. The molecule has 1 amide bonds. The fraction of sp³-hybridized carbons (Fsp3) is 0.898. The van der Waals surface area contributed by atoms with Gasteiger partial charge in [-0.15, -0.1) is 0 Å². The number of hydrogen-bond donors (Lipinski definition) is 3. The zero-order chi connectivity index (χ0) is 42.8. The second-order valence-corrected chi connectivity index (χ2v) is 19.6. The van der Waals surface area contributed by atoms with E-state index in [9.17, 15) is 19.4 Å². The first-order valence-corrected chi connectivity index (χ1v) is 26.2. The lowest BCUT2D eigenvalue weighted by Gasteiger charge is -2.25. The third-order valence-electron chi connectivity index (χ3n) is 11.1. The molecule has 0 radical (unpaired) electrons. The summed E-state index contributed by atoms with van der Waals surface area (Å²) in [7, 11) is 1.57. The lowest BCUT2D eigenvalue weighted by molar-refractivity contribution is -0.870. The molecule has 0 aromatic heterocycles. The maximum absolute atomic E-state index is 12.9. The summed E-state index contributed by atoms with van der Waals surface area (Å²) in [6, 6.07) is -0.845. The van der Waals surface area contributed by atoms with E-state index in [4.69, 9.17) is 9.05 Å². The van der Waals surface area contributed by atoms with Crippen LogP contribution < -0.4 is 5.32 Å². The van der Waals surface area contributed by atoms with E-state index >= 15 is 0 Å². The first-order chi connectivity index (χ1) is 28.0. The Morgan fingerprint density at radius 2 is 0.966 bits per heavy atom. The van der Waals surface area contributed by atoms with Crippen LogP contribution in [0.25, 0.3) is 0 Å². The minimum Gasteiger partial charge on any atom is -0.387 e. The largest absolute Gasteiger partial charge is 0.472 e. The third kappa shape index (κ3) is 43.1. The molecule has 3 atom stereocenters. The van der Waals surface area contributed by atoms with E-state index < -0.39 is 20.0 Å². The molecule has 0 aliphatic rings. The highest BCUT2D eigenvalue weighted by Gasteiger charge is 2.27. The number of carbonyl (C=O) groups excluding carboxylic acids is 1. The number of rotatable bonds is 45. The molecule has 8 nitrogen and oxygen atoms in total. The van der Waals surface area contributed by atoms with E-state index in [1.54, 1.807) is 6.08 Å². The molecular weight excluding hydrogens is 744 g/mol. The van der Waals surface area contributed by atoms with E-state index in [-0.39, 0.29) is 19.1 Å². The van der Waals surface area contributed by atoms with Crippen molar-refractivity contribution < 1.29 is 32.9 Å². The fourth-order valence-electron chi connectivity index (χ4n) is 7.22. The maximum Gasteiger partial charge on any atom is 0.472 e. The van der Waals surface area contributed by atoms with Crippen LogP contribution in [0.2, 0.25) is 0 Å². The predicted octanol–water partition coefficient (Wildman–Crippen LogP) is 14.1. The average Bonchev–Trinajstić information content (AvgIpc) is 3.17. The van der Waals surface area contributed by atoms with Crippen molar-refractivity contribution in [2.24, 2.45) is 0 Å². The zero-order valence-corrected chi connectivity index (χ0v) is 39.9. The minimum absolute atomic E-state index is 0.0618. The number of aliphatic hydroxyl groups is 1. The van der Waals surface area contributed by atoms with Gasteiger partial charge in [-0.25, -0.2) is 4.57 Å². The molecule has 344 valence electrons. The van der Waals surface area contributed by atoms with Crippen LogP contribution in [-0.2, 0) is 18.4 Å². The van der Waals surface area contributed by atoms with Gasteiger partial charge in [-0.05, 0) is 38.5 Å². The van der Waals surface area contributed by atoms with Gasteiger partial charge in [0.05, 0.1) is 39.9 Å². The molecule has 0 spiro atoms. The topological polar surface area (TPSA) is 105 Å². The average molecular weight is 842 g/mol. The van der Waals surface area contributed by atoms with Gasteiger partial charge in [0.15, 0.2) is 0 Å². The number of carbonyl (C=O) groups is 1. The Labute approximate surface area is 360 Å². The molecule has 3 N–H and O–H groups in total. The van der Waals surface area contributed by atoms with E-state index in [0.29, 0.717) is 17.4 Å². The third-order valence-corrected chi connectivity index (χ3v) is 12.1. The van der Waals surface area contributed by atoms with Crippen LogP contribution in [0.1, 0.15) is 232 Å². The highest BCUT2D eigenvalue weighted by atomic mass is 31.2. The molecule has 0 fully saturated rings. The Morgan fingerprint density at radius 1 is 0.569 bits per heavy atom. The number of hydrogen-bond acceptors (Lipinski definition) is 5. The summed E-state index contributed by atoms with van der Waals surface area (Å²) in [5.74, 6) is -0.177. The molecule has 0 bridgehead atoms. The van der Waals surface area contributed by atoms with Crippen LogP contribution in [0.4, 0.5) is 0 Å². The van der Waals surface area contributed by atoms with Crippen molar-refractivity contribution >= 4 is 13.7 Å². The summed E-state index contributed by atoms with van der Waals surface area (Å²) in [5, 5.41) is 13.8. The summed E-state index contributed by atoms with van der Waals surface area (Å²) in [6.07, 6.45) is 49.7. The van der Waals surface area contributed by atoms with Crippen molar-refractivity contribution in [2.75, 3.05) is 40.9 Å². The van der Waals surface area contributed by atoms with Gasteiger partial charge in [0.1, 0.15) is 13.2 Å². The lowest BCUT2D eigenvalue weighted by atomic mass is 10.0. The number of nitrogens with zero attached hydrogens (tertiary/aromatic N) is 1. The Hall–Kier alpha value is -1.02. The molecule has 0 heterocycles. The van der Waals surface area contributed by atoms with Crippen molar-refractivity contribution in [3.8, 4) is 0 Å². The standard InChI is InChI=1S/C49H97N2O6P/c1-6-8-10-12-14-16-18-20-21-22-23-24-25-26-27-28-29-31-33-35-37-39-41-43-49(53)50-47(46-57-58(54,55)56-45-44-51(3,4)5)48(52)42-40-38-36-34-32-30-19-17-15-13-11-9-7-2/h11,13,40,42,47-48,52H,6-10,12,14-39,41,43-46H2,1-5H3,(H-,50,53,54,55)/p+1/b13-11+,42-40+/t47-,48+/m0/s1. The SMILES string of the molecule is CCC/C=C/CCCCCCCC/C=C/[C@@H](O)[C@H](COP(=O)(O)OCC[N+](C)(C)C)NC(=O)CCCCCCCCCCCCCCCCCCCCCCCCC. The van der Waals surface area contributed by atoms with Gasteiger partial charge in [-0.3, -0.25) is 13.8 Å². The van der Waals surface area contributed by atoms with Crippen molar-refractivity contribution in [3.63, 3.8) is 0 Å². The monoisotopic (exact) mass is 842 g/mol. The number of aliphatic hydroxyl groups excluding tert-OH is 1. The van der Waals surface area contributed by atoms with Crippen LogP contribution in [0.3, 0.4) is 0 Å². The van der Waals surface area contributed by atoms with Crippen molar-refractivity contribution in [1.82, 2.24) is 5.32 Å². The highest BCUT2D eigenvalue weighted by molar-refractivity contribution is 7.47. The van der Waals surface area contributed by atoms with Gasteiger partial charge in [-0.1, -0.05) is 212 Å². The number of quaternary nitrogens is 1. The Kier molecular flexibility index (Phi) is 40.6. The summed E-state index contributed by atoms with van der Waals surface area (Å²) < 4.78 is 23.6. The van der Waals surface area contributed by atoms with Gasteiger partial charge in [0.25, 0.3) is 0 Å². The van der Waals surface area contributed by atoms with Gasteiger partial charge >= 0.3 is 7.82 Å². The molecule has 9 heteroatoms. The number of amides is 1. The van der Waals surface area contributed by atoms with E-state index in [1.807, 2.05) is 27.2 Å². The highest BCUT2D eigenvalue weighted by Crippen LogP contribution is 2.43. The Morgan fingerprint density at radius 3 is 1.40 bits per heavy atom. The van der Waals surface area contributed by atoms with Gasteiger partial charge in [-0.2, -0.15) is 0 Å². The molecule has 0 aliphatic heterocycles. The molecule has 1 unspecified atom stereocenters. The first-order valence-electron chi connectivity index (χ1n) is 24.7. The van der Waals surface area contributed by atoms with Crippen LogP contribution >= 0.6 is 7.82 Å². The molecular formula is C49H98N2O6P+. The van der Waals surface area contributed by atoms with Gasteiger partial charge in [0, 0.05) is 6.42 Å². The molecule has 0 rings (SSSR count). The van der Waals surface area contributed by atoms with Crippen molar-refractivity contribution in [3.05, 3.63) is 24.3 Å². The number of likely N-dealkylation sites (N-methyl/N-ethyl adjacent to an activating group) is 1. The number of allylic oxidation sites excluding steroid dienone is 3. The zero-order valence-electron chi connectivity index (χ0n) is 39.0. The van der Waals surface area contributed by atoms with Gasteiger partial charge in [0.2, 0.25) is 5.91 Å². The summed E-state index contributed by atoms with van der Waals surface area (Å²) >= 11 is 0. The number of phosphoric ester groups is 1. The molecule has 0 aromatic carbocycles. The summed E-state index contributed by atoms with van der Waals surface area (Å²) in [4.78, 5) is 23.2. The van der Waals surface area contributed by atoms with E-state index in [0.717, 1.165) is 38.5 Å². The van der Waals surface area contributed by atoms with E-state index in [1.165, 1.54) is 173 Å². The van der Waals surface area contributed by atoms with Crippen LogP contribution in [0.15, 0.2) is 24.3 Å².